The number of nitrogens with one attached hydrogen (secondary N) is 2. The number of carbonyl (C=O) groups excluding carboxylic acids is 4. The predicted molar refractivity (Wildman–Crippen MR) is 265 cm³/mol. The van der Waals surface area contributed by atoms with E-state index >= 15 is 0 Å². The first-order valence-corrected chi connectivity index (χ1v) is 26.2. The number of amides is 3. The van der Waals surface area contributed by atoms with Crippen LogP contribution < -0.4 is 15.4 Å². The Hall–Kier alpha value is -6.80. The first-order valence-electron chi connectivity index (χ1n) is 21.5. The number of thiazole rings is 1. The number of esters is 1. The van der Waals surface area contributed by atoms with Crippen LogP contribution in [0, 0.1) is 0 Å². The summed E-state index contributed by atoms with van der Waals surface area (Å²) in [4.78, 5) is 69.1. The van der Waals surface area contributed by atoms with Gasteiger partial charge in [-0.1, -0.05) is 114 Å². The lowest BCUT2D eigenvalue weighted by atomic mass is 9.80. The van der Waals surface area contributed by atoms with Crippen LogP contribution in [0.1, 0.15) is 53.6 Å². The fourth-order valence-corrected chi connectivity index (χ4v) is 12.5. The Morgan fingerprint density at radius 1 is 0.826 bits per heavy atom. The molecule has 0 spiro atoms. The first-order chi connectivity index (χ1) is 33.1. The van der Waals surface area contributed by atoms with Crippen LogP contribution in [0.5, 0.6) is 5.75 Å². The van der Waals surface area contributed by atoms with E-state index in [-0.39, 0.29) is 45.9 Å². The molecule has 6 aromatic rings. The van der Waals surface area contributed by atoms with Crippen LogP contribution in [-0.4, -0.2) is 83.5 Å². The zero-order chi connectivity index (χ0) is 48.8. The molecule has 2 aromatic heterocycles. The van der Waals surface area contributed by atoms with Crippen molar-refractivity contribution in [1.82, 2.24) is 15.2 Å². The zero-order valence-electron chi connectivity index (χ0n) is 37.8. The molecule has 2 aliphatic rings. The van der Waals surface area contributed by atoms with E-state index in [4.69, 9.17) is 19.0 Å². The second-order valence-corrected chi connectivity index (χ2v) is 21.9. The third-order valence-electron chi connectivity index (χ3n) is 10.8. The minimum Gasteiger partial charge on any atom is -0.497 e. The van der Waals surface area contributed by atoms with Crippen molar-refractivity contribution in [3.8, 4) is 5.75 Å². The molecule has 4 heterocycles. The van der Waals surface area contributed by atoms with Crippen LogP contribution in [-0.2, 0) is 56.5 Å². The van der Waals surface area contributed by atoms with Crippen LogP contribution in [0.4, 0.5) is 9.93 Å². The number of fused-ring (bicyclic) bond motifs is 1. The summed E-state index contributed by atoms with van der Waals surface area (Å²) < 4.78 is 43.6. The lowest BCUT2D eigenvalue weighted by molar-refractivity contribution is -0.153. The highest BCUT2D eigenvalue weighted by molar-refractivity contribution is 8.00. The molecule has 4 aromatic carbocycles. The molecule has 356 valence electrons. The zero-order valence-corrected chi connectivity index (χ0v) is 41.1. The van der Waals surface area contributed by atoms with Crippen molar-refractivity contribution in [3.05, 3.63) is 182 Å². The summed E-state index contributed by atoms with van der Waals surface area (Å²) in [6, 6.07) is 37.3. The molecule has 8 rings (SSSR count). The number of oxime groups is 1. The van der Waals surface area contributed by atoms with Gasteiger partial charge >= 0.3 is 12.1 Å². The maximum atomic E-state index is 14.8. The Labute approximate surface area is 411 Å². The van der Waals surface area contributed by atoms with Gasteiger partial charge in [0.15, 0.2) is 20.7 Å². The van der Waals surface area contributed by atoms with E-state index in [0.717, 1.165) is 11.3 Å². The summed E-state index contributed by atoms with van der Waals surface area (Å²) in [6.07, 6.45) is -0.765. The molecule has 1 saturated heterocycles. The Morgan fingerprint density at radius 3 is 2.01 bits per heavy atom. The van der Waals surface area contributed by atoms with Crippen molar-refractivity contribution in [2.75, 3.05) is 23.9 Å². The fourth-order valence-electron chi connectivity index (χ4n) is 7.69. The number of hydrogen-bond donors (Lipinski definition) is 2. The summed E-state index contributed by atoms with van der Waals surface area (Å²) in [5, 5.41) is 12.6. The maximum absolute atomic E-state index is 14.8. The molecule has 19 heteroatoms. The lowest BCUT2D eigenvalue weighted by Crippen LogP contribution is -2.71. The van der Waals surface area contributed by atoms with Gasteiger partial charge in [0.25, 0.3) is 11.8 Å². The fraction of sp³-hybridized carbons (Fsp3) is 0.240. The molecule has 1 unspecified atom stereocenters. The highest BCUT2D eigenvalue weighted by Crippen LogP contribution is 2.43. The lowest BCUT2D eigenvalue weighted by Gasteiger charge is -2.49. The summed E-state index contributed by atoms with van der Waals surface area (Å²) in [7, 11) is -2.28. The smallest absolute Gasteiger partial charge is 0.413 e. The van der Waals surface area contributed by atoms with Crippen LogP contribution in [0.2, 0.25) is 0 Å². The number of sulfone groups is 1. The highest BCUT2D eigenvalue weighted by atomic mass is 32.2. The van der Waals surface area contributed by atoms with Gasteiger partial charge in [0.1, 0.15) is 40.8 Å². The SMILES string of the molecule is COc1ccc(COC(=O)C2=C(CS(=O)(=O)Cc3cccs3)CS[C@@H]3C(NC(=O)/C(=N\OC(c4ccccc4)(c4ccccc4)c4ccccc4)c4csc(NC(=O)OC(C)(C)C)n4)C(=O)N23)cc1. The number of aromatic nitrogens is 1. The predicted octanol–water partition coefficient (Wildman–Crippen LogP) is 8.29. The topological polar surface area (TPSA) is 192 Å². The molecule has 2 aliphatic heterocycles. The van der Waals surface area contributed by atoms with Crippen LogP contribution >= 0.6 is 34.4 Å². The molecule has 1 fully saturated rings. The molecular weight excluding hydrogens is 959 g/mol. The summed E-state index contributed by atoms with van der Waals surface area (Å²) in [5.74, 6) is -2.53. The third kappa shape index (κ3) is 11.2. The summed E-state index contributed by atoms with van der Waals surface area (Å²) >= 11 is 3.51. The Bertz CT molecular complexity index is 2880. The monoisotopic (exact) mass is 1010 g/mol. The van der Waals surface area contributed by atoms with Crippen molar-refractivity contribution < 1.29 is 46.6 Å². The van der Waals surface area contributed by atoms with Crippen molar-refractivity contribution in [3.63, 3.8) is 0 Å². The van der Waals surface area contributed by atoms with Gasteiger partial charge in [-0.05, 0) is 55.5 Å². The van der Waals surface area contributed by atoms with E-state index in [1.165, 1.54) is 40.5 Å². The minimum absolute atomic E-state index is 0.00694. The van der Waals surface area contributed by atoms with E-state index in [0.29, 0.717) is 32.9 Å². The minimum atomic E-state index is -3.81. The number of thiophene rings is 1. The Kier molecular flexibility index (Phi) is 14.7. The van der Waals surface area contributed by atoms with Gasteiger partial charge in [-0.25, -0.2) is 23.0 Å². The summed E-state index contributed by atoms with van der Waals surface area (Å²) in [5.41, 5.74) is 0.154. The first kappa shape index (κ1) is 48.6. The van der Waals surface area contributed by atoms with Gasteiger partial charge in [-0.15, -0.1) is 34.4 Å². The largest absolute Gasteiger partial charge is 0.497 e. The molecule has 0 saturated carbocycles. The number of anilines is 1. The third-order valence-corrected chi connectivity index (χ3v) is 15.5. The molecule has 0 radical (unpaired) electrons. The molecule has 0 bridgehead atoms. The molecule has 2 N–H and O–H groups in total. The molecule has 69 heavy (non-hydrogen) atoms. The van der Waals surface area contributed by atoms with Crippen molar-refractivity contribution >= 4 is 79.0 Å². The van der Waals surface area contributed by atoms with E-state index in [9.17, 15) is 27.6 Å². The molecule has 2 atom stereocenters. The molecule has 15 nitrogen and oxygen atoms in total. The standard InChI is InChI=1S/C50H47N5O10S4/c1-49(2,3)64-48(59)53-47-51-39(29-68-47)40(54-65-50(34-15-8-5-9-16-34,35-17-10-6-11-18-35)36-19-12-7-13-20-36)43(56)52-41-44(57)55-42(46(58)63-27-32-22-24-37(62-4)25-23-32)33(28-67-45(41)55)30-69(60,61)31-38-21-14-26-66-38/h5-26,29,41,45H,27-28,30-31H2,1-4H3,(H,52,56)(H,51,53,59)/b54-40-/t41?,45-/m1/s1. The second-order valence-electron chi connectivity index (χ2n) is 16.8. The van der Waals surface area contributed by atoms with Crippen molar-refractivity contribution in [1.29, 1.82) is 0 Å². The normalized spacial score (nSPS) is 16.2. The van der Waals surface area contributed by atoms with Gasteiger partial charge in [-0.2, -0.15) is 0 Å². The number of β-lactam (4-membered cyclic amide) rings is 1. The quantitative estimate of drug-likeness (QED) is 0.0293. The second kappa shape index (κ2) is 20.8. The van der Waals surface area contributed by atoms with Gasteiger partial charge in [0, 0.05) is 32.7 Å². The maximum Gasteiger partial charge on any atom is 0.413 e. The van der Waals surface area contributed by atoms with Crippen LogP contribution in [0.3, 0.4) is 0 Å². The highest BCUT2D eigenvalue weighted by Gasteiger charge is 2.55. The van der Waals surface area contributed by atoms with Crippen molar-refractivity contribution in [2.45, 2.75) is 55.7 Å². The Morgan fingerprint density at radius 2 is 1.45 bits per heavy atom. The van der Waals surface area contributed by atoms with E-state index in [1.807, 2.05) is 91.0 Å². The average molecular weight is 1010 g/mol. The molecule has 3 amide bonds. The van der Waals surface area contributed by atoms with Gasteiger partial charge in [0.2, 0.25) is 5.60 Å². The summed E-state index contributed by atoms with van der Waals surface area (Å²) in [6.45, 7) is 4.99. The van der Waals surface area contributed by atoms with E-state index < -0.39 is 62.1 Å². The van der Waals surface area contributed by atoms with Crippen LogP contribution in [0.15, 0.2) is 155 Å². The number of rotatable bonds is 17. The number of ether oxygens (including phenoxy) is 3. The molecule has 0 aliphatic carbocycles. The van der Waals surface area contributed by atoms with Crippen molar-refractivity contribution in [2.24, 2.45) is 5.16 Å². The number of thioether (sulfide) groups is 1. The number of nitrogens with zero attached hydrogens (tertiary/aromatic N) is 3. The number of carbonyl (C=O) groups is 4. The van der Waals surface area contributed by atoms with Crippen LogP contribution in [0.25, 0.3) is 0 Å². The van der Waals surface area contributed by atoms with E-state index in [1.54, 1.807) is 62.5 Å². The molecular formula is C50H47N5O10S4. The number of hydrogen-bond acceptors (Lipinski definition) is 15. The number of methoxy groups -OCH3 is 1. The van der Waals surface area contributed by atoms with Gasteiger partial charge in [-0.3, -0.25) is 19.8 Å². The number of benzene rings is 4. The van der Waals surface area contributed by atoms with E-state index in [2.05, 4.69) is 20.8 Å². The van der Waals surface area contributed by atoms with Gasteiger partial charge < -0.3 is 24.4 Å². The van der Waals surface area contributed by atoms with Gasteiger partial charge in [0.05, 0.1) is 18.6 Å². The Balaban J connectivity index is 1.13. The average Bonchev–Trinajstić information content (AvgIpc) is 4.03.